The molecule has 156 valence electrons. The number of hydrogen-bond acceptors (Lipinski definition) is 4. The SMILES string of the molecule is CC(C)CCN(CCC(C)C)C(=O)c1ccc2c(c1)S(=O)(=O)N(C(C)C)C2=O. The van der Waals surface area contributed by atoms with Crippen molar-refractivity contribution in [1.82, 2.24) is 9.21 Å². The molecule has 0 fully saturated rings. The Hall–Kier alpha value is -1.89. The third-order valence-corrected chi connectivity index (χ3v) is 6.90. The van der Waals surface area contributed by atoms with Gasteiger partial charge in [0.1, 0.15) is 4.90 Å². The fraction of sp³-hybridized carbons (Fsp3) is 0.619. The Morgan fingerprint density at radius 3 is 2.00 bits per heavy atom. The lowest BCUT2D eigenvalue weighted by Gasteiger charge is -2.25. The fourth-order valence-corrected chi connectivity index (χ4v) is 5.01. The summed E-state index contributed by atoms with van der Waals surface area (Å²) in [5.74, 6) is 0.217. The second-order valence-corrected chi connectivity index (χ2v) is 10.4. The van der Waals surface area contributed by atoms with Crippen LogP contribution in [0.2, 0.25) is 0 Å². The third-order valence-electron chi connectivity index (χ3n) is 4.90. The van der Waals surface area contributed by atoms with Gasteiger partial charge in [-0.2, -0.15) is 0 Å². The molecule has 0 radical (unpaired) electrons. The molecule has 2 rings (SSSR count). The van der Waals surface area contributed by atoms with E-state index >= 15 is 0 Å². The molecule has 1 aromatic rings. The van der Waals surface area contributed by atoms with Crippen molar-refractivity contribution in [2.24, 2.45) is 11.8 Å². The van der Waals surface area contributed by atoms with Crippen LogP contribution < -0.4 is 0 Å². The number of nitrogens with zero attached hydrogens (tertiary/aromatic N) is 2. The van der Waals surface area contributed by atoms with Gasteiger partial charge in [0.05, 0.1) is 5.56 Å². The van der Waals surface area contributed by atoms with Gasteiger partial charge < -0.3 is 4.90 Å². The molecule has 1 aliphatic heterocycles. The quantitative estimate of drug-likeness (QED) is 0.656. The summed E-state index contributed by atoms with van der Waals surface area (Å²) in [6, 6.07) is 3.92. The van der Waals surface area contributed by atoms with Gasteiger partial charge in [-0.05, 0) is 56.7 Å². The predicted octanol–water partition coefficient (Wildman–Crippen LogP) is 3.77. The second kappa shape index (κ2) is 8.64. The fourth-order valence-electron chi connectivity index (χ4n) is 3.22. The molecule has 0 saturated heterocycles. The van der Waals surface area contributed by atoms with Crippen LogP contribution in [0.1, 0.15) is 75.1 Å². The van der Waals surface area contributed by atoms with E-state index in [1.807, 2.05) is 0 Å². The molecule has 1 aliphatic rings. The summed E-state index contributed by atoms with van der Waals surface area (Å²) < 4.78 is 26.5. The van der Waals surface area contributed by atoms with Gasteiger partial charge in [0.25, 0.3) is 21.8 Å². The third kappa shape index (κ3) is 4.57. The van der Waals surface area contributed by atoms with E-state index in [-0.39, 0.29) is 16.4 Å². The molecule has 7 heteroatoms. The zero-order valence-corrected chi connectivity index (χ0v) is 18.5. The van der Waals surface area contributed by atoms with E-state index in [9.17, 15) is 18.0 Å². The number of hydrogen-bond donors (Lipinski definition) is 0. The van der Waals surface area contributed by atoms with Crippen LogP contribution in [0.25, 0.3) is 0 Å². The summed E-state index contributed by atoms with van der Waals surface area (Å²) in [6.07, 6.45) is 1.76. The van der Waals surface area contributed by atoms with Crippen molar-refractivity contribution in [3.63, 3.8) is 0 Å². The van der Waals surface area contributed by atoms with E-state index < -0.39 is 22.0 Å². The maximum atomic E-state index is 13.1. The van der Waals surface area contributed by atoms with Crippen molar-refractivity contribution in [2.75, 3.05) is 13.1 Å². The van der Waals surface area contributed by atoms with Crippen LogP contribution in [0.3, 0.4) is 0 Å². The van der Waals surface area contributed by atoms with Crippen molar-refractivity contribution >= 4 is 21.8 Å². The largest absolute Gasteiger partial charge is 0.339 e. The Bertz CT molecular complexity index is 832. The van der Waals surface area contributed by atoms with E-state index in [4.69, 9.17) is 0 Å². The Labute approximate surface area is 169 Å². The first-order valence-corrected chi connectivity index (χ1v) is 11.4. The first-order chi connectivity index (χ1) is 13.0. The van der Waals surface area contributed by atoms with Crippen molar-refractivity contribution in [1.29, 1.82) is 0 Å². The molecule has 0 spiro atoms. The highest BCUT2D eigenvalue weighted by molar-refractivity contribution is 7.90. The summed E-state index contributed by atoms with van der Waals surface area (Å²) in [4.78, 5) is 27.3. The Morgan fingerprint density at radius 1 is 1.00 bits per heavy atom. The molecular weight excluding hydrogens is 376 g/mol. The number of carbonyl (C=O) groups excluding carboxylic acids is 2. The molecule has 1 heterocycles. The first kappa shape index (κ1) is 22.4. The Morgan fingerprint density at radius 2 is 1.54 bits per heavy atom. The average molecular weight is 409 g/mol. The van der Waals surface area contributed by atoms with Gasteiger partial charge in [-0.1, -0.05) is 27.7 Å². The molecule has 0 bridgehead atoms. The second-order valence-electron chi connectivity index (χ2n) is 8.57. The Balaban J connectivity index is 2.36. The van der Waals surface area contributed by atoms with E-state index in [0.29, 0.717) is 30.5 Å². The van der Waals surface area contributed by atoms with Gasteiger partial charge >= 0.3 is 0 Å². The van der Waals surface area contributed by atoms with Gasteiger partial charge in [0, 0.05) is 24.7 Å². The van der Waals surface area contributed by atoms with Gasteiger partial charge in [-0.3, -0.25) is 9.59 Å². The molecule has 0 atom stereocenters. The number of fused-ring (bicyclic) bond motifs is 1. The average Bonchev–Trinajstić information content (AvgIpc) is 2.79. The van der Waals surface area contributed by atoms with Crippen LogP contribution in [0, 0.1) is 11.8 Å². The van der Waals surface area contributed by atoms with Crippen LogP contribution in [-0.4, -0.2) is 48.6 Å². The van der Waals surface area contributed by atoms with E-state index in [1.54, 1.807) is 24.8 Å². The number of sulfonamides is 1. The standard InChI is InChI=1S/C21H32N2O4S/c1-14(2)9-11-22(12-10-15(3)4)20(24)17-7-8-18-19(13-17)28(26,27)23(16(5)6)21(18)25/h7-8,13-16H,9-12H2,1-6H3. The maximum absolute atomic E-state index is 13.1. The summed E-state index contributed by atoms with van der Waals surface area (Å²) in [5.41, 5.74) is 0.453. The lowest BCUT2D eigenvalue weighted by Crippen LogP contribution is -2.36. The molecule has 1 aromatic carbocycles. The smallest absolute Gasteiger partial charge is 0.269 e. The molecule has 0 N–H and O–H groups in total. The molecule has 28 heavy (non-hydrogen) atoms. The molecule has 6 nitrogen and oxygen atoms in total. The molecule has 0 aliphatic carbocycles. The van der Waals surface area contributed by atoms with Gasteiger partial charge in [-0.15, -0.1) is 0 Å². The Kier molecular flexibility index (Phi) is 6.91. The van der Waals surface area contributed by atoms with Crippen molar-refractivity contribution < 1.29 is 18.0 Å². The number of benzene rings is 1. The minimum absolute atomic E-state index is 0.0651. The number of rotatable bonds is 8. The van der Waals surface area contributed by atoms with Crippen LogP contribution in [0.4, 0.5) is 0 Å². The van der Waals surface area contributed by atoms with Crippen molar-refractivity contribution in [2.45, 2.75) is 65.3 Å². The molecule has 0 unspecified atom stereocenters. The zero-order chi connectivity index (χ0) is 21.2. The van der Waals surface area contributed by atoms with E-state index in [2.05, 4.69) is 27.7 Å². The molecule has 0 aromatic heterocycles. The highest BCUT2D eigenvalue weighted by Crippen LogP contribution is 2.32. The van der Waals surface area contributed by atoms with Gasteiger partial charge in [0.15, 0.2) is 0 Å². The van der Waals surface area contributed by atoms with Gasteiger partial charge in [0.2, 0.25) is 0 Å². The normalized spacial score (nSPS) is 15.6. The lowest BCUT2D eigenvalue weighted by atomic mass is 10.1. The topological polar surface area (TPSA) is 74.8 Å². The van der Waals surface area contributed by atoms with Crippen molar-refractivity contribution in [3.05, 3.63) is 29.3 Å². The van der Waals surface area contributed by atoms with Crippen LogP contribution in [-0.2, 0) is 10.0 Å². The highest BCUT2D eigenvalue weighted by atomic mass is 32.2. The van der Waals surface area contributed by atoms with Gasteiger partial charge in [-0.25, -0.2) is 12.7 Å². The van der Waals surface area contributed by atoms with Crippen LogP contribution in [0.15, 0.2) is 23.1 Å². The minimum Gasteiger partial charge on any atom is -0.339 e. The summed E-state index contributed by atoms with van der Waals surface area (Å²) >= 11 is 0. The number of carbonyl (C=O) groups is 2. The lowest BCUT2D eigenvalue weighted by molar-refractivity contribution is 0.0739. The molecular formula is C21H32N2O4S. The monoisotopic (exact) mass is 408 g/mol. The summed E-state index contributed by atoms with van der Waals surface area (Å²) in [7, 11) is -3.91. The summed E-state index contributed by atoms with van der Waals surface area (Å²) in [6.45, 7) is 13.0. The summed E-state index contributed by atoms with van der Waals surface area (Å²) in [5, 5.41) is 0. The van der Waals surface area contributed by atoms with Crippen molar-refractivity contribution in [3.8, 4) is 0 Å². The zero-order valence-electron chi connectivity index (χ0n) is 17.7. The molecule has 0 saturated carbocycles. The predicted molar refractivity (Wildman–Crippen MR) is 110 cm³/mol. The first-order valence-electron chi connectivity index (χ1n) is 9.98. The highest BCUT2D eigenvalue weighted by Gasteiger charge is 2.43. The molecule has 2 amide bonds. The van der Waals surface area contributed by atoms with Crippen LogP contribution >= 0.6 is 0 Å². The maximum Gasteiger partial charge on any atom is 0.269 e. The van der Waals surface area contributed by atoms with E-state index in [1.165, 1.54) is 12.1 Å². The van der Waals surface area contributed by atoms with E-state index in [0.717, 1.165) is 17.1 Å². The number of amides is 2. The minimum atomic E-state index is -3.91. The van der Waals surface area contributed by atoms with Crippen LogP contribution in [0.5, 0.6) is 0 Å².